The molecular weight excluding hydrogens is 240 g/mol. The average molecular weight is 264 g/mol. The van der Waals surface area contributed by atoms with Crippen molar-refractivity contribution in [3.05, 3.63) is 11.4 Å². The highest BCUT2D eigenvalue weighted by Crippen LogP contribution is 2.26. The molecule has 0 saturated carbocycles. The van der Waals surface area contributed by atoms with E-state index >= 15 is 0 Å². The summed E-state index contributed by atoms with van der Waals surface area (Å²) in [6, 6.07) is 0. The summed E-state index contributed by atoms with van der Waals surface area (Å²) in [4.78, 5) is 11.5. The lowest BCUT2D eigenvalue weighted by Gasteiger charge is -2.32. The van der Waals surface area contributed by atoms with E-state index in [1.54, 1.807) is 0 Å². The molecule has 2 N–H and O–H groups in total. The summed E-state index contributed by atoms with van der Waals surface area (Å²) in [5.74, 6) is 2.84. The molecule has 106 valence electrons. The van der Waals surface area contributed by atoms with E-state index in [2.05, 4.69) is 29.0 Å². The van der Waals surface area contributed by atoms with E-state index in [1.807, 2.05) is 7.05 Å². The third-order valence-corrected chi connectivity index (χ3v) is 3.64. The molecular formula is C14H24N4O. The van der Waals surface area contributed by atoms with Crippen molar-refractivity contribution >= 4 is 11.6 Å². The number of nitrogens with zero attached hydrogens (tertiary/aromatic N) is 3. The molecule has 5 heteroatoms. The normalized spacial score (nSPS) is 16.7. The molecule has 0 aromatic carbocycles. The van der Waals surface area contributed by atoms with Crippen LogP contribution in [0.5, 0.6) is 0 Å². The summed E-state index contributed by atoms with van der Waals surface area (Å²) >= 11 is 0. The molecule has 0 amide bonds. The summed E-state index contributed by atoms with van der Waals surface area (Å²) < 4.78 is 0. The molecule has 0 atom stereocenters. The fourth-order valence-electron chi connectivity index (χ4n) is 2.51. The average Bonchev–Trinajstić information content (AvgIpc) is 2.42. The summed E-state index contributed by atoms with van der Waals surface area (Å²) in [5.41, 5.74) is 1.10. The number of aliphatic hydroxyl groups excluding tert-OH is 1. The van der Waals surface area contributed by atoms with Crippen molar-refractivity contribution in [3.8, 4) is 0 Å². The number of anilines is 2. The Morgan fingerprint density at radius 3 is 2.58 bits per heavy atom. The van der Waals surface area contributed by atoms with Crippen molar-refractivity contribution in [2.75, 3.05) is 30.4 Å². The van der Waals surface area contributed by atoms with Crippen LogP contribution < -0.4 is 10.2 Å². The molecule has 0 radical (unpaired) electrons. The van der Waals surface area contributed by atoms with Crippen molar-refractivity contribution in [3.63, 3.8) is 0 Å². The van der Waals surface area contributed by atoms with Crippen LogP contribution in [0.25, 0.3) is 0 Å². The Kier molecular flexibility index (Phi) is 4.58. The Labute approximate surface area is 115 Å². The standard InChI is InChI=1S/C14H24N4O/c1-4-5-12-16-13(15-3)10(2)14(17-12)18-8-6-11(19)7-9-18/h11,19H,4-9H2,1-3H3,(H,15,16,17). The van der Waals surface area contributed by atoms with Crippen LogP contribution in [0.2, 0.25) is 0 Å². The molecule has 1 aliphatic heterocycles. The molecule has 1 fully saturated rings. The van der Waals surface area contributed by atoms with Crippen LogP contribution in [0, 0.1) is 6.92 Å². The van der Waals surface area contributed by atoms with Gasteiger partial charge in [0, 0.05) is 32.1 Å². The maximum atomic E-state index is 9.61. The van der Waals surface area contributed by atoms with Gasteiger partial charge >= 0.3 is 0 Å². The zero-order valence-corrected chi connectivity index (χ0v) is 12.1. The quantitative estimate of drug-likeness (QED) is 0.867. The highest BCUT2D eigenvalue weighted by Gasteiger charge is 2.21. The molecule has 0 spiro atoms. The van der Waals surface area contributed by atoms with Gasteiger partial charge in [0.15, 0.2) is 0 Å². The lowest BCUT2D eigenvalue weighted by atomic mass is 10.1. The highest BCUT2D eigenvalue weighted by atomic mass is 16.3. The van der Waals surface area contributed by atoms with Crippen LogP contribution in [-0.2, 0) is 6.42 Å². The molecule has 1 aromatic heterocycles. The topological polar surface area (TPSA) is 61.3 Å². The second-order valence-corrected chi connectivity index (χ2v) is 5.16. The first-order chi connectivity index (χ1) is 9.15. The summed E-state index contributed by atoms with van der Waals surface area (Å²) in [7, 11) is 1.90. The van der Waals surface area contributed by atoms with Gasteiger partial charge in [0.1, 0.15) is 17.5 Å². The van der Waals surface area contributed by atoms with E-state index in [0.717, 1.165) is 61.8 Å². The number of hydrogen-bond acceptors (Lipinski definition) is 5. The second-order valence-electron chi connectivity index (χ2n) is 5.16. The Balaban J connectivity index is 2.29. The van der Waals surface area contributed by atoms with Gasteiger partial charge in [0.05, 0.1) is 6.10 Å². The Hall–Kier alpha value is -1.36. The SMILES string of the molecule is CCCc1nc(NC)c(C)c(N2CCC(O)CC2)n1. The minimum atomic E-state index is -0.155. The van der Waals surface area contributed by atoms with Crippen molar-refractivity contribution in [1.29, 1.82) is 0 Å². The van der Waals surface area contributed by atoms with Crippen LogP contribution in [0.3, 0.4) is 0 Å². The number of aryl methyl sites for hydroxylation is 1. The fourth-order valence-corrected chi connectivity index (χ4v) is 2.51. The predicted octanol–water partition coefficient (Wildman–Crippen LogP) is 1.74. The van der Waals surface area contributed by atoms with Crippen LogP contribution in [-0.4, -0.2) is 41.3 Å². The first kappa shape index (κ1) is 14.1. The van der Waals surface area contributed by atoms with Crippen molar-refractivity contribution in [2.45, 2.75) is 45.6 Å². The molecule has 0 unspecified atom stereocenters. The molecule has 19 heavy (non-hydrogen) atoms. The van der Waals surface area contributed by atoms with Gasteiger partial charge in [0.25, 0.3) is 0 Å². The minimum absolute atomic E-state index is 0.155. The zero-order chi connectivity index (χ0) is 13.8. The van der Waals surface area contributed by atoms with Gasteiger partial charge in [-0.25, -0.2) is 9.97 Å². The first-order valence-corrected chi connectivity index (χ1v) is 7.14. The lowest BCUT2D eigenvalue weighted by molar-refractivity contribution is 0.145. The zero-order valence-electron chi connectivity index (χ0n) is 12.1. The molecule has 1 aromatic rings. The third kappa shape index (κ3) is 3.15. The predicted molar refractivity (Wildman–Crippen MR) is 77.8 cm³/mol. The van der Waals surface area contributed by atoms with Gasteiger partial charge in [0.2, 0.25) is 0 Å². The van der Waals surface area contributed by atoms with Crippen LogP contribution in [0.4, 0.5) is 11.6 Å². The van der Waals surface area contributed by atoms with E-state index in [4.69, 9.17) is 4.98 Å². The Morgan fingerprint density at radius 2 is 2.00 bits per heavy atom. The summed E-state index contributed by atoms with van der Waals surface area (Å²) in [6.45, 7) is 5.93. The molecule has 0 aliphatic carbocycles. The van der Waals surface area contributed by atoms with Crippen LogP contribution in [0.15, 0.2) is 0 Å². The van der Waals surface area contributed by atoms with Crippen molar-refractivity contribution in [2.24, 2.45) is 0 Å². The number of piperidine rings is 1. The summed E-state index contributed by atoms with van der Waals surface area (Å²) in [5, 5.41) is 12.8. The molecule has 0 bridgehead atoms. The molecule has 1 aliphatic rings. The van der Waals surface area contributed by atoms with E-state index in [0.29, 0.717) is 0 Å². The van der Waals surface area contributed by atoms with Crippen LogP contribution >= 0.6 is 0 Å². The van der Waals surface area contributed by atoms with E-state index < -0.39 is 0 Å². The number of rotatable bonds is 4. The number of hydrogen-bond donors (Lipinski definition) is 2. The van der Waals surface area contributed by atoms with Gasteiger partial charge in [-0.05, 0) is 26.2 Å². The van der Waals surface area contributed by atoms with Crippen LogP contribution in [0.1, 0.15) is 37.6 Å². The van der Waals surface area contributed by atoms with Crippen molar-refractivity contribution < 1.29 is 5.11 Å². The number of nitrogens with one attached hydrogen (secondary N) is 1. The van der Waals surface area contributed by atoms with E-state index in [1.165, 1.54) is 0 Å². The van der Waals surface area contributed by atoms with Gasteiger partial charge in [-0.1, -0.05) is 6.92 Å². The molecule has 2 heterocycles. The Morgan fingerprint density at radius 1 is 1.32 bits per heavy atom. The van der Waals surface area contributed by atoms with Gasteiger partial charge in [-0.15, -0.1) is 0 Å². The van der Waals surface area contributed by atoms with Gasteiger partial charge in [-0.3, -0.25) is 0 Å². The molecule has 5 nitrogen and oxygen atoms in total. The number of aromatic nitrogens is 2. The van der Waals surface area contributed by atoms with Crippen molar-refractivity contribution in [1.82, 2.24) is 9.97 Å². The molecule has 1 saturated heterocycles. The monoisotopic (exact) mass is 264 g/mol. The largest absolute Gasteiger partial charge is 0.393 e. The first-order valence-electron chi connectivity index (χ1n) is 7.14. The smallest absolute Gasteiger partial charge is 0.137 e. The third-order valence-electron chi connectivity index (χ3n) is 3.64. The van der Waals surface area contributed by atoms with Gasteiger partial charge in [-0.2, -0.15) is 0 Å². The lowest BCUT2D eigenvalue weighted by Crippen LogP contribution is -2.37. The van der Waals surface area contributed by atoms with E-state index in [-0.39, 0.29) is 6.10 Å². The molecule has 2 rings (SSSR count). The highest BCUT2D eigenvalue weighted by molar-refractivity contribution is 5.58. The van der Waals surface area contributed by atoms with Gasteiger partial charge < -0.3 is 15.3 Å². The second kappa shape index (κ2) is 6.19. The maximum Gasteiger partial charge on any atom is 0.137 e. The number of aliphatic hydroxyl groups is 1. The van der Waals surface area contributed by atoms with E-state index in [9.17, 15) is 5.11 Å². The summed E-state index contributed by atoms with van der Waals surface area (Å²) in [6.07, 6.45) is 3.43. The maximum absolute atomic E-state index is 9.61. The Bertz CT molecular complexity index is 428. The fraction of sp³-hybridized carbons (Fsp3) is 0.714. The minimum Gasteiger partial charge on any atom is -0.393 e.